The number of ether oxygens (including phenoxy) is 1. The van der Waals surface area contributed by atoms with Crippen LogP contribution in [0.1, 0.15) is 47.4 Å². The van der Waals surface area contributed by atoms with Crippen LogP contribution in [0.25, 0.3) is 0 Å². The van der Waals surface area contributed by atoms with Crippen LogP contribution in [0, 0.1) is 6.92 Å². The molecule has 0 fully saturated rings. The molecule has 0 spiro atoms. The fourth-order valence-corrected chi connectivity index (χ4v) is 3.23. The highest BCUT2D eigenvalue weighted by Gasteiger charge is 2.22. The minimum atomic E-state index is -0.606. The number of carbonyl (C=O) groups is 3. The molecule has 0 saturated carbocycles. The zero-order valence-corrected chi connectivity index (χ0v) is 16.5. The lowest BCUT2D eigenvalue weighted by Crippen LogP contribution is -2.19. The van der Waals surface area contributed by atoms with Crippen molar-refractivity contribution in [2.45, 2.75) is 39.5 Å². The highest BCUT2D eigenvalue weighted by Crippen LogP contribution is 2.21. The average Bonchev–Trinajstić information content (AvgIpc) is 3.17. The van der Waals surface area contributed by atoms with Gasteiger partial charge in [-0.15, -0.1) is 10.2 Å². The lowest BCUT2D eigenvalue weighted by molar-refractivity contribution is -0.121. The molecule has 0 atom stereocenters. The Morgan fingerprint density at radius 3 is 2.44 bits per heavy atom. The molecule has 0 aliphatic rings. The van der Waals surface area contributed by atoms with Crippen LogP contribution in [0.2, 0.25) is 0 Å². The molecule has 2 heterocycles. The smallest absolute Gasteiger partial charge is 0.358 e. The van der Waals surface area contributed by atoms with E-state index in [9.17, 15) is 14.4 Å². The van der Waals surface area contributed by atoms with Gasteiger partial charge in [0, 0.05) is 26.3 Å². The first-order chi connectivity index (χ1) is 12.8. The van der Waals surface area contributed by atoms with Gasteiger partial charge in [0.15, 0.2) is 5.69 Å². The minimum absolute atomic E-state index is 0.0264. The largest absolute Gasteiger partial charge is 0.464 e. The molecule has 0 aromatic carbocycles. The van der Waals surface area contributed by atoms with Crippen LogP contribution in [0.3, 0.4) is 0 Å². The molecule has 2 aromatic heterocycles. The van der Waals surface area contributed by atoms with Crippen LogP contribution in [0.4, 0.5) is 10.8 Å². The molecule has 0 unspecified atom stereocenters. The lowest BCUT2D eigenvalue weighted by atomic mass is 10.2. The highest BCUT2D eigenvalue weighted by molar-refractivity contribution is 7.15. The van der Waals surface area contributed by atoms with Gasteiger partial charge < -0.3 is 15.4 Å². The van der Waals surface area contributed by atoms with Crippen LogP contribution in [-0.4, -0.2) is 44.9 Å². The molecule has 2 aromatic rings. The molecule has 2 N–H and O–H groups in total. The first-order valence-electron chi connectivity index (χ1n) is 8.39. The van der Waals surface area contributed by atoms with Crippen molar-refractivity contribution in [1.82, 2.24) is 20.0 Å². The molecule has 10 nitrogen and oxygen atoms in total. The summed E-state index contributed by atoms with van der Waals surface area (Å²) in [5, 5.41) is 18.5. The fraction of sp³-hybridized carbons (Fsp3) is 0.500. The third-order valence-electron chi connectivity index (χ3n) is 3.62. The van der Waals surface area contributed by atoms with E-state index in [0.29, 0.717) is 10.8 Å². The molecule has 0 bridgehead atoms. The summed E-state index contributed by atoms with van der Waals surface area (Å²) in [6, 6.07) is 0. The number of carbonyl (C=O) groups excluding carboxylic acids is 3. The van der Waals surface area contributed by atoms with Crippen molar-refractivity contribution in [3.8, 4) is 0 Å². The topological polar surface area (TPSA) is 128 Å². The molecule has 0 aliphatic heterocycles. The summed E-state index contributed by atoms with van der Waals surface area (Å²) in [5.41, 5.74) is 0.904. The van der Waals surface area contributed by atoms with Crippen LogP contribution in [0.5, 0.6) is 0 Å². The average molecular weight is 394 g/mol. The number of anilines is 2. The number of rotatable bonds is 8. The van der Waals surface area contributed by atoms with Gasteiger partial charge in [-0.3, -0.25) is 14.3 Å². The molecular weight excluding hydrogens is 372 g/mol. The second-order valence-electron chi connectivity index (χ2n) is 5.77. The Labute approximate surface area is 160 Å². The predicted molar refractivity (Wildman–Crippen MR) is 99.7 cm³/mol. The molecule has 27 heavy (non-hydrogen) atoms. The van der Waals surface area contributed by atoms with E-state index >= 15 is 0 Å². The lowest BCUT2D eigenvalue weighted by Gasteiger charge is -2.07. The van der Waals surface area contributed by atoms with Crippen molar-refractivity contribution in [2.24, 2.45) is 7.05 Å². The van der Waals surface area contributed by atoms with Gasteiger partial charge in [0.2, 0.25) is 16.9 Å². The Hall–Kier alpha value is -2.82. The van der Waals surface area contributed by atoms with Gasteiger partial charge in [-0.2, -0.15) is 5.10 Å². The number of nitrogens with zero attached hydrogens (tertiary/aromatic N) is 4. The van der Waals surface area contributed by atoms with E-state index in [4.69, 9.17) is 4.74 Å². The quantitative estimate of drug-likeness (QED) is 0.652. The summed E-state index contributed by atoms with van der Waals surface area (Å²) < 4.78 is 6.05. The van der Waals surface area contributed by atoms with Crippen LogP contribution in [0.15, 0.2) is 0 Å². The summed E-state index contributed by atoms with van der Waals surface area (Å²) >= 11 is 1.32. The van der Waals surface area contributed by atoms with Gasteiger partial charge in [0.05, 0.1) is 18.5 Å². The normalized spacial score (nSPS) is 10.5. The number of aryl methyl sites for hydroxylation is 3. The summed E-state index contributed by atoms with van der Waals surface area (Å²) in [4.78, 5) is 36.0. The maximum absolute atomic E-state index is 12.2. The van der Waals surface area contributed by atoms with E-state index in [-0.39, 0.29) is 30.1 Å². The van der Waals surface area contributed by atoms with Crippen LogP contribution in [-0.2, 0) is 27.8 Å². The van der Waals surface area contributed by atoms with Crippen molar-refractivity contribution in [2.75, 3.05) is 17.7 Å². The van der Waals surface area contributed by atoms with Crippen LogP contribution >= 0.6 is 11.3 Å². The standard InChI is InChI=1S/C16H22N6O4S/c1-5-6-12-19-20-16(27-12)18-11(24)8-7-10(23)17-13-9(2)21-22(3)14(13)15(25)26-4/h5-8H2,1-4H3,(H,17,23)(H,18,20,24). The number of hydrogen-bond donors (Lipinski definition) is 2. The van der Waals surface area contributed by atoms with Gasteiger partial charge in [0.1, 0.15) is 5.01 Å². The zero-order valence-electron chi connectivity index (χ0n) is 15.7. The second-order valence-corrected chi connectivity index (χ2v) is 6.83. The van der Waals surface area contributed by atoms with E-state index in [1.54, 1.807) is 14.0 Å². The number of esters is 1. The van der Waals surface area contributed by atoms with E-state index < -0.39 is 11.9 Å². The summed E-state index contributed by atoms with van der Waals surface area (Å²) in [7, 11) is 2.83. The SMILES string of the molecule is CCCc1nnc(NC(=O)CCC(=O)Nc2c(C)nn(C)c2C(=O)OC)s1. The number of methoxy groups -OCH3 is 1. The molecule has 0 aliphatic carbocycles. The third kappa shape index (κ3) is 5.33. The Balaban J connectivity index is 1.90. The maximum Gasteiger partial charge on any atom is 0.358 e. The Morgan fingerprint density at radius 1 is 1.15 bits per heavy atom. The van der Waals surface area contributed by atoms with Gasteiger partial charge in [-0.05, 0) is 13.3 Å². The fourth-order valence-electron chi connectivity index (χ4n) is 2.37. The van der Waals surface area contributed by atoms with E-state index in [1.807, 2.05) is 6.92 Å². The minimum Gasteiger partial charge on any atom is -0.464 e. The molecule has 2 rings (SSSR count). The molecule has 0 radical (unpaired) electrons. The van der Waals surface area contributed by atoms with E-state index in [2.05, 4.69) is 25.9 Å². The second kappa shape index (κ2) is 9.21. The third-order valence-corrected chi connectivity index (χ3v) is 4.52. The molecule has 2 amide bonds. The number of nitrogens with one attached hydrogen (secondary N) is 2. The van der Waals surface area contributed by atoms with Crippen molar-refractivity contribution in [3.05, 3.63) is 16.4 Å². The first kappa shape index (κ1) is 20.5. The van der Waals surface area contributed by atoms with Crippen molar-refractivity contribution in [3.63, 3.8) is 0 Å². The van der Waals surface area contributed by atoms with Gasteiger partial charge in [-0.25, -0.2) is 4.79 Å². The van der Waals surface area contributed by atoms with Crippen molar-refractivity contribution < 1.29 is 19.1 Å². The maximum atomic E-state index is 12.2. The van der Waals surface area contributed by atoms with E-state index in [0.717, 1.165) is 17.8 Å². The summed E-state index contributed by atoms with van der Waals surface area (Å²) in [5.74, 6) is -1.35. The van der Waals surface area contributed by atoms with Gasteiger partial charge in [0.25, 0.3) is 0 Å². The van der Waals surface area contributed by atoms with Gasteiger partial charge >= 0.3 is 5.97 Å². The highest BCUT2D eigenvalue weighted by atomic mass is 32.1. The molecule has 0 saturated heterocycles. The summed E-state index contributed by atoms with van der Waals surface area (Å²) in [6.45, 7) is 3.70. The monoisotopic (exact) mass is 394 g/mol. The summed E-state index contributed by atoms with van der Waals surface area (Å²) in [6.07, 6.45) is 1.68. The van der Waals surface area contributed by atoms with E-state index in [1.165, 1.54) is 23.1 Å². The Morgan fingerprint density at radius 2 is 1.81 bits per heavy atom. The number of amides is 2. The molecule has 11 heteroatoms. The molecule has 146 valence electrons. The predicted octanol–water partition coefficient (Wildman–Crippen LogP) is 1.68. The number of aromatic nitrogens is 4. The van der Waals surface area contributed by atoms with Crippen LogP contribution < -0.4 is 10.6 Å². The van der Waals surface area contributed by atoms with Crippen molar-refractivity contribution in [1.29, 1.82) is 0 Å². The molecular formula is C16H22N6O4S. The Bertz CT molecular complexity index is 844. The van der Waals surface area contributed by atoms with Gasteiger partial charge in [-0.1, -0.05) is 18.3 Å². The number of hydrogen-bond acceptors (Lipinski definition) is 8. The zero-order chi connectivity index (χ0) is 20.0. The van der Waals surface area contributed by atoms with Crippen molar-refractivity contribution >= 4 is 39.9 Å². The first-order valence-corrected chi connectivity index (χ1v) is 9.21. The Kier molecular flexibility index (Phi) is 6.99.